The summed E-state index contributed by atoms with van der Waals surface area (Å²) in [5.41, 5.74) is 1.78. The number of benzene rings is 3. The van der Waals surface area contributed by atoms with Gasteiger partial charge in [0.05, 0.1) is 11.4 Å². The van der Waals surface area contributed by atoms with Gasteiger partial charge in [-0.05, 0) is 65.4 Å². The number of ether oxygens (including phenoxy) is 3. The monoisotopic (exact) mass is 497 g/mol. The minimum atomic E-state index is -0.563. The van der Waals surface area contributed by atoms with Crippen molar-refractivity contribution in [1.29, 1.82) is 0 Å². The van der Waals surface area contributed by atoms with Crippen LogP contribution in [0.25, 0.3) is 6.08 Å². The molecule has 2 aliphatic rings. The van der Waals surface area contributed by atoms with Gasteiger partial charge in [0, 0.05) is 10.6 Å². The average Bonchev–Trinajstić information content (AvgIpc) is 3.40. The fraction of sp³-hybridized carbons (Fsp3) is 0.120. The Labute approximate surface area is 203 Å². The van der Waals surface area contributed by atoms with E-state index in [1.54, 1.807) is 30.3 Å². The van der Waals surface area contributed by atoms with Crippen molar-refractivity contribution in [1.82, 2.24) is 4.90 Å². The van der Waals surface area contributed by atoms with Crippen LogP contribution < -0.4 is 14.2 Å². The van der Waals surface area contributed by atoms with Crippen molar-refractivity contribution in [3.63, 3.8) is 0 Å². The molecular weight excluding hydrogens is 481 g/mol. The summed E-state index contributed by atoms with van der Waals surface area (Å²) < 4.78 is 30.6. The third-order valence-corrected chi connectivity index (χ3v) is 6.53. The molecule has 9 heteroatoms. The second-order valence-corrected chi connectivity index (χ2v) is 8.91. The van der Waals surface area contributed by atoms with Gasteiger partial charge in [-0.3, -0.25) is 14.5 Å². The topological polar surface area (TPSA) is 65.1 Å². The third-order valence-electron chi connectivity index (χ3n) is 5.27. The van der Waals surface area contributed by atoms with Gasteiger partial charge >= 0.3 is 0 Å². The molecule has 1 saturated heterocycles. The summed E-state index contributed by atoms with van der Waals surface area (Å²) in [6, 6.07) is 17.0. The van der Waals surface area contributed by atoms with Crippen molar-refractivity contribution in [2.45, 2.75) is 13.2 Å². The molecule has 2 amide bonds. The van der Waals surface area contributed by atoms with Gasteiger partial charge in [0.2, 0.25) is 6.79 Å². The van der Waals surface area contributed by atoms with Gasteiger partial charge < -0.3 is 14.2 Å². The van der Waals surface area contributed by atoms with Gasteiger partial charge in [0.25, 0.3) is 11.1 Å². The van der Waals surface area contributed by atoms with Crippen LogP contribution in [0.15, 0.2) is 65.6 Å². The molecule has 6 nitrogen and oxygen atoms in total. The Morgan fingerprint density at radius 2 is 1.85 bits per heavy atom. The lowest BCUT2D eigenvalue weighted by molar-refractivity contribution is -0.123. The number of carbonyl (C=O) groups excluding carboxylic acids is 2. The molecule has 34 heavy (non-hydrogen) atoms. The highest BCUT2D eigenvalue weighted by atomic mass is 35.5. The quantitative estimate of drug-likeness (QED) is 0.388. The van der Waals surface area contributed by atoms with Crippen molar-refractivity contribution in [3.8, 4) is 17.2 Å². The maximum atomic E-state index is 14.1. The predicted octanol–water partition coefficient (Wildman–Crippen LogP) is 6.02. The Morgan fingerprint density at radius 3 is 2.65 bits per heavy atom. The van der Waals surface area contributed by atoms with E-state index >= 15 is 0 Å². The standard InChI is InChI=1S/C25H17ClFNO5S/c26-19-2-1-3-20(27)18(19)12-28-24(29)23(34-25(28)30)11-15-4-7-17(8-5-15)31-13-16-6-9-21-22(10-16)33-14-32-21/h1-11H,12-14H2. The number of hydrogen-bond acceptors (Lipinski definition) is 6. The predicted molar refractivity (Wildman–Crippen MR) is 126 cm³/mol. The molecule has 0 spiro atoms. The van der Waals surface area contributed by atoms with E-state index in [0.29, 0.717) is 18.1 Å². The zero-order chi connectivity index (χ0) is 23.7. The van der Waals surface area contributed by atoms with Crippen molar-refractivity contribution >= 4 is 40.6 Å². The van der Waals surface area contributed by atoms with Crippen LogP contribution in [0.2, 0.25) is 5.02 Å². The molecule has 3 aromatic carbocycles. The van der Waals surface area contributed by atoms with Crippen molar-refractivity contribution in [3.05, 3.63) is 93.1 Å². The summed E-state index contributed by atoms with van der Waals surface area (Å²) in [6.07, 6.45) is 1.62. The molecule has 2 aliphatic heterocycles. The summed E-state index contributed by atoms with van der Waals surface area (Å²) in [7, 11) is 0. The average molecular weight is 498 g/mol. The molecule has 3 aromatic rings. The van der Waals surface area contributed by atoms with Crippen LogP contribution in [0.4, 0.5) is 9.18 Å². The van der Waals surface area contributed by atoms with Crippen molar-refractivity contribution < 1.29 is 28.2 Å². The van der Waals surface area contributed by atoms with Crippen molar-refractivity contribution in [2.75, 3.05) is 6.79 Å². The fourth-order valence-electron chi connectivity index (χ4n) is 3.49. The number of nitrogens with zero attached hydrogens (tertiary/aromatic N) is 1. The highest BCUT2D eigenvalue weighted by Crippen LogP contribution is 2.35. The number of carbonyl (C=O) groups is 2. The number of imide groups is 1. The Kier molecular flexibility index (Phi) is 6.17. The van der Waals surface area contributed by atoms with Crippen LogP contribution in [0.5, 0.6) is 17.2 Å². The zero-order valence-corrected chi connectivity index (χ0v) is 19.2. The van der Waals surface area contributed by atoms with E-state index in [4.69, 9.17) is 25.8 Å². The van der Waals surface area contributed by atoms with E-state index < -0.39 is 17.0 Å². The molecule has 1 fully saturated rings. The lowest BCUT2D eigenvalue weighted by Gasteiger charge is -2.14. The lowest BCUT2D eigenvalue weighted by atomic mass is 10.2. The van der Waals surface area contributed by atoms with Crippen molar-refractivity contribution in [2.24, 2.45) is 0 Å². The molecule has 0 N–H and O–H groups in total. The minimum Gasteiger partial charge on any atom is -0.489 e. The summed E-state index contributed by atoms with van der Waals surface area (Å²) in [5, 5.41) is -0.307. The van der Waals surface area contributed by atoms with Crippen LogP contribution in [0.1, 0.15) is 16.7 Å². The second kappa shape index (κ2) is 9.40. The molecule has 0 radical (unpaired) electrons. The van der Waals surface area contributed by atoms with Gasteiger partial charge in [-0.15, -0.1) is 0 Å². The summed E-state index contributed by atoms with van der Waals surface area (Å²) in [6.45, 7) is 0.352. The molecule has 0 aromatic heterocycles. The number of halogens is 2. The van der Waals surface area contributed by atoms with Crippen LogP contribution in [-0.4, -0.2) is 22.8 Å². The smallest absolute Gasteiger partial charge is 0.293 e. The summed E-state index contributed by atoms with van der Waals surface area (Å²) in [5.74, 6) is 1.01. The van der Waals surface area contributed by atoms with Gasteiger partial charge in [0.15, 0.2) is 11.5 Å². The Hall–Kier alpha value is -3.49. The normalized spacial score (nSPS) is 15.9. The molecule has 0 unspecified atom stereocenters. The highest BCUT2D eigenvalue weighted by molar-refractivity contribution is 8.18. The minimum absolute atomic E-state index is 0.108. The van der Waals surface area contributed by atoms with Gasteiger partial charge in [-0.1, -0.05) is 35.9 Å². The summed E-state index contributed by atoms with van der Waals surface area (Å²) >= 11 is 6.85. The van der Waals surface area contributed by atoms with Crippen LogP contribution in [-0.2, 0) is 17.9 Å². The molecular formula is C25H17ClFNO5S. The lowest BCUT2D eigenvalue weighted by Crippen LogP contribution is -2.28. The number of rotatable bonds is 6. The second-order valence-electron chi connectivity index (χ2n) is 7.51. The zero-order valence-electron chi connectivity index (χ0n) is 17.6. The molecule has 172 valence electrons. The number of amides is 2. The molecule has 0 aliphatic carbocycles. The Balaban J connectivity index is 1.24. The van der Waals surface area contributed by atoms with Gasteiger partial charge in [0.1, 0.15) is 18.2 Å². The number of hydrogen-bond donors (Lipinski definition) is 0. The van der Waals surface area contributed by atoms with E-state index in [0.717, 1.165) is 33.5 Å². The van der Waals surface area contributed by atoms with Gasteiger partial charge in [-0.25, -0.2) is 4.39 Å². The third kappa shape index (κ3) is 4.60. The van der Waals surface area contributed by atoms with E-state index in [9.17, 15) is 14.0 Å². The van der Waals surface area contributed by atoms with E-state index in [1.807, 2.05) is 18.2 Å². The molecule has 2 heterocycles. The first-order valence-corrected chi connectivity index (χ1v) is 11.5. The van der Waals surface area contributed by atoms with E-state index in [1.165, 1.54) is 18.2 Å². The fourth-order valence-corrected chi connectivity index (χ4v) is 4.55. The molecule has 0 bridgehead atoms. The van der Waals surface area contributed by atoms with Crippen LogP contribution >= 0.6 is 23.4 Å². The Bertz CT molecular complexity index is 1290. The number of fused-ring (bicyclic) bond motifs is 1. The molecule has 5 rings (SSSR count). The first-order valence-electron chi connectivity index (χ1n) is 10.3. The molecule has 0 atom stereocenters. The van der Waals surface area contributed by atoms with E-state index in [-0.39, 0.29) is 28.8 Å². The first-order chi connectivity index (χ1) is 16.5. The highest BCUT2D eigenvalue weighted by Gasteiger charge is 2.35. The SMILES string of the molecule is O=C1SC(=Cc2ccc(OCc3ccc4c(c3)OCO4)cc2)C(=O)N1Cc1c(F)cccc1Cl. The Morgan fingerprint density at radius 1 is 1.06 bits per heavy atom. The number of thioether (sulfide) groups is 1. The molecule has 0 saturated carbocycles. The maximum absolute atomic E-state index is 14.1. The maximum Gasteiger partial charge on any atom is 0.293 e. The van der Waals surface area contributed by atoms with Crippen LogP contribution in [0, 0.1) is 5.82 Å². The van der Waals surface area contributed by atoms with Gasteiger partial charge in [-0.2, -0.15) is 0 Å². The first kappa shape index (κ1) is 22.3. The summed E-state index contributed by atoms with van der Waals surface area (Å²) in [4.78, 5) is 26.4. The van der Waals surface area contributed by atoms with E-state index in [2.05, 4.69) is 0 Å². The largest absolute Gasteiger partial charge is 0.489 e. The van der Waals surface area contributed by atoms with Crippen LogP contribution in [0.3, 0.4) is 0 Å².